The number of aryl methyl sites for hydroxylation is 1. The molecule has 2 aromatic carbocycles. The van der Waals surface area contributed by atoms with Crippen molar-refractivity contribution in [3.05, 3.63) is 81.8 Å². The van der Waals surface area contributed by atoms with Crippen LogP contribution in [0.2, 0.25) is 0 Å². The number of aromatic nitrogens is 3. The molecule has 1 N–H and O–H groups in total. The van der Waals surface area contributed by atoms with Crippen LogP contribution in [0.25, 0.3) is 11.0 Å². The van der Waals surface area contributed by atoms with E-state index in [0.29, 0.717) is 24.2 Å². The molecule has 1 fully saturated rings. The molecule has 1 aliphatic heterocycles. The number of hydrogen-bond donors (Lipinski definition) is 1. The van der Waals surface area contributed by atoms with Crippen LogP contribution in [0.3, 0.4) is 0 Å². The molecule has 0 unspecified atom stereocenters. The highest BCUT2D eigenvalue weighted by molar-refractivity contribution is 7.10. The van der Waals surface area contributed by atoms with Crippen LogP contribution in [0.1, 0.15) is 34.9 Å². The van der Waals surface area contributed by atoms with Gasteiger partial charge in [0.2, 0.25) is 11.8 Å². The molecule has 5 rings (SSSR count). The number of ether oxygens (including phenoxy) is 1. The second kappa shape index (κ2) is 11.2. The number of nitrogens with zero attached hydrogens (tertiary/aromatic N) is 4. The first kappa shape index (κ1) is 25.0. The number of rotatable bonds is 9. The molecule has 2 aromatic heterocycles. The molecule has 1 aliphatic rings. The molecule has 2 atom stereocenters. The number of benzene rings is 2. The van der Waals surface area contributed by atoms with E-state index < -0.39 is 6.04 Å². The van der Waals surface area contributed by atoms with Crippen LogP contribution in [0.4, 0.5) is 4.39 Å². The van der Waals surface area contributed by atoms with E-state index in [1.165, 1.54) is 28.2 Å². The fraction of sp³-hybridized carbons (Fsp3) is 0.333. The maximum atomic E-state index is 13.9. The fourth-order valence-electron chi connectivity index (χ4n) is 4.55. The zero-order chi connectivity index (χ0) is 25.8. The maximum Gasteiger partial charge on any atom is 0.248 e. The summed E-state index contributed by atoms with van der Waals surface area (Å²) in [5, 5.41) is 13.2. The molecule has 10 heteroatoms. The molecular weight excluding hydrogens is 493 g/mol. The number of amides is 2. The Morgan fingerprint density at radius 2 is 2.03 bits per heavy atom. The predicted molar refractivity (Wildman–Crippen MR) is 138 cm³/mol. The molecule has 0 aliphatic carbocycles. The van der Waals surface area contributed by atoms with E-state index >= 15 is 0 Å². The quantitative estimate of drug-likeness (QED) is 0.360. The van der Waals surface area contributed by atoms with Crippen molar-refractivity contribution in [2.75, 3.05) is 13.2 Å². The van der Waals surface area contributed by atoms with Crippen molar-refractivity contribution in [1.29, 1.82) is 0 Å². The smallest absolute Gasteiger partial charge is 0.248 e. The van der Waals surface area contributed by atoms with Crippen molar-refractivity contribution in [3.63, 3.8) is 0 Å². The molecule has 0 saturated carbocycles. The van der Waals surface area contributed by atoms with E-state index in [4.69, 9.17) is 4.74 Å². The number of para-hydroxylation sites is 1. The third-order valence-corrected chi connectivity index (χ3v) is 7.60. The van der Waals surface area contributed by atoms with Gasteiger partial charge in [-0.05, 0) is 66.6 Å². The zero-order valence-electron chi connectivity index (χ0n) is 20.5. The second-order valence-electron chi connectivity index (χ2n) is 9.13. The van der Waals surface area contributed by atoms with Crippen molar-refractivity contribution in [2.24, 2.45) is 0 Å². The van der Waals surface area contributed by atoms with Gasteiger partial charge in [0, 0.05) is 24.6 Å². The topological polar surface area (TPSA) is 89.4 Å². The number of nitrogens with one attached hydrogen (secondary N) is 1. The molecule has 0 bridgehead atoms. The summed E-state index contributed by atoms with van der Waals surface area (Å²) in [5.74, 6) is -0.944. The van der Waals surface area contributed by atoms with Crippen molar-refractivity contribution >= 4 is 34.2 Å². The highest BCUT2D eigenvalue weighted by Crippen LogP contribution is 2.31. The summed E-state index contributed by atoms with van der Waals surface area (Å²) < 4.78 is 20.8. The highest BCUT2D eigenvalue weighted by atomic mass is 32.1. The molecule has 0 radical (unpaired) electrons. The average Bonchev–Trinajstić information content (AvgIpc) is 3.66. The summed E-state index contributed by atoms with van der Waals surface area (Å²) in [6.07, 6.45) is 1.83. The van der Waals surface area contributed by atoms with Crippen molar-refractivity contribution < 1.29 is 18.7 Å². The molecule has 2 amide bonds. The number of carbonyl (C=O) groups is 2. The molecular formula is C27H28FN5O3S. The number of thiophene rings is 1. The summed E-state index contributed by atoms with van der Waals surface area (Å²) in [5.41, 5.74) is 3.04. The van der Waals surface area contributed by atoms with Crippen LogP contribution in [-0.4, -0.2) is 51.0 Å². The van der Waals surface area contributed by atoms with Crippen LogP contribution in [0.5, 0.6) is 0 Å². The molecule has 4 aromatic rings. The SMILES string of the molecule is Cc1ccsc1[C@@H](C(=O)NC[C@@H]1CCCO1)N(Cc1ccc(F)cc1)C(=O)Cn1nnc2ccccc21. The van der Waals surface area contributed by atoms with Gasteiger partial charge in [-0.2, -0.15) is 0 Å². The minimum Gasteiger partial charge on any atom is -0.376 e. The Bertz CT molecular complexity index is 1380. The number of hydrogen-bond acceptors (Lipinski definition) is 6. The maximum absolute atomic E-state index is 13.9. The molecule has 192 valence electrons. The minimum absolute atomic E-state index is 0.0307. The molecule has 0 spiro atoms. The predicted octanol–water partition coefficient (Wildman–Crippen LogP) is 4.01. The van der Waals surface area contributed by atoms with Crippen LogP contribution in [-0.2, 0) is 27.4 Å². The van der Waals surface area contributed by atoms with Crippen LogP contribution < -0.4 is 5.32 Å². The minimum atomic E-state index is -0.867. The lowest BCUT2D eigenvalue weighted by Crippen LogP contribution is -2.46. The lowest BCUT2D eigenvalue weighted by Gasteiger charge is -2.31. The van der Waals surface area contributed by atoms with Crippen molar-refractivity contribution in [2.45, 2.75) is 45.0 Å². The van der Waals surface area contributed by atoms with Gasteiger partial charge in [0.15, 0.2) is 0 Å². The van der Waals surface area contributed by atoms with E-state index in [1.54, 1.807) is 17.0 Å². The van der Waals surface area contributed by atoms with E-state index in [2.05, 4.69) is 15.6 Å². The number of halogens is 1. The Morgan fingerprint density at radius 1 is 1.22 bits per heavy atom. The lowest BCUT2D eigenvalue weighted by atomic mass is 10.1. The normalized spacial score (nSPS) is 16.1. The Hall–Kier alpha value is -3.63. The third-order valence-electron chi connectivity index (χ3n) is 6.53. The summed E-state index contributed by atoms with van der Waals surface area (Å²) in [7, 11) is 0. The molecule has 37 heavy (non-hydrogen) atoms. The van der Waals surface area contributed by atoms with Gasteiger partial charge >= 0.3 is 0 Å². The first-order valence-corrected chi connectivity index (χ1v) is 13.1. The second-order valence-corrected chi connectivity index (χ2v) is 10.1. The van der Waals surface area contributed by atoms with Crippen LogP contribution in [0.15, 0.2) is 60.0 Å². The van der Waals surface area contributed by atoms with Crippen LogP contribution in [0, 0.1) is 12.7 Å². The highest BCUT2D eigenvalue weighted by Gasteiger charge is 2.34. The fourth-order valence-corrected chi connectivity index (χ4v) is 5.58. The van der Waals surface area contributed by atoms with Gasteiger partial charge in [-0.25, -0.2) is 9.07 Å². The van der Waals surface area contributed by atoms with Crippen molar-refractivity contribution in [3.8, 4) is 0 Å². The van der Waals surface area contributed by atoms with E-state index in [-0.39, 0.29) is 36.8 Å². The Morgan fingerprint density at radius 3 is 2.76 bits per heavy atom. The van der Waals surface area contributed by atoms with Crippen molar-refractivity contribution in [1.82, 2.24) is 25.2 Å². The molecule has 1 saturated heterocycles. The largest absolute Gasteiger partial charge is 0.376 e. The van der Waals surface area contributed by atoms with Gasteiger partial charge in [-0.1, -0.05) is 29.5 Å². The van der Waals surface area contributed by atoms with Crippen LogP contribution >= 0.6 is 11.3 Å². The Balaban J connectivity index is 1.48. The first-order chi connectivity index (χ1) is 18.0. The molecule has 8 nitrogen and oxygen atoms in total. The number of fused-ring (bicyclic) bond motifs is 1. The van der Waals surface area contributed by atoms with E-state index in [1.807, 2.05) is 42.6 Å². The summed E-state index contributed by atoms with van der Waals surface area (Å²) >= 11 is 1.43. The number of carbonyl (C=O) groups excluding carboxylic acids is 2. The third kappa shape index (κ3) is 5.70. The standard InChI is InChI=1S/C27H28FN5O3S/c1-18-12-14-37-26(18)25(27(35)29-15-21-5-4-13-36-21)32(16-19-8-10-20(28)11-9-19)24(34)17-33-23-7-3-2-6-22(23)30-31-33/h2-3,6-12,14,21,25H,4-5,13,15-17H2,1H3,(H,29,35)/t21-,25-/m0/s1. The van der Waals surface area contributed by atoms with Gasteiger partial charge in [0.1, 0.15) is 23.9 Å². The van der Waals surface area contributed by atoms with Gasteiger partial charge in [0.05, 0.1) is 11.6 Å². The zero-order valence-corrected chi connectivity index (χ0v) is 21.3. The Kier molecular flexibility index (Phi) is 7.57. The Labute approximate surface area is 218 Å². The van der Waals surface area contributed by atoms with E-state index in [0.717, 1.165) is 28.8 Å². The molecule has 3 heterocycles. The summed E-state index contributed by atoms with van der Waals surface area (Å²) in [6, 6.07) is 14.4. The van der Waals surface area contributed by atoms with E-state index in [9.17, 15) is 14.0 Å². The summed E-state index contributed by atoms with van der Waals surface area (Å²) in [4.78, 5) is 29.9. The van der Waals surface area contributed by atoms with Gasteiger partial charge in [-0.15, -0.1) is 16.4 Å². The monoisotopic (exact) mass is 521 g/mol. The average molecular weight is 522 g/mol. The summed E-state index contributed by atoms with van der Waals surface area (Å²) in [6.45, 7) is 3.03. The van der Waals surface area contributed by atoms with Gasteiger partial charge in [0.25, 0.3) is 0 Å². The lowest BCUT2D eigenvalue weighted by molar-refractivity contribution is -0.142. The first-order valence-electron chi connectivity index (χ1n) is 12.2. The van der Waals surface area contributed by atoms with Gasteiger partial charge < -0.3 is 15.0 Å². The van der Waals surface area contributed by atoms with Gasteiger partial charge in [-0.3, -0.25) is 9.59 Å².